The third-order valence-electron chi connectivity index (χ3n) is 7.23. The van der Waals surface area contributed by atoms with Crippen LogP contribution in [0, 0.1) is 36.9 Å². The summed E-state index contributed by atoms with van der Waals surface area (Å²) in [6.45, 7) is 29.0. The number of nitrogens with zero attached hydrogens (tertiary/aromatic N) is 5. The number of aromatic nitrogens is 1. The third kappa shape index (κ3) is 21.6. The van der Waals surface area contributed by atoms with Crippen LogP contribution in [0.4, 0.5) is 15.9 Å². The average Bonchev–Trinajstić information content (AvgIpc) is 3.32. The van der Waals surface area contributed by atoms with Crippen molar-refractivity contribution in [2.75, 3.05) is 36.5 Å². The van der Waals surface area contributed by atoms with Crippen molar-refractivity contribution in [3.63, 3.8) is 0 Å². The normalized spacial score (nSPS) is 14.7. The Labute approximate surface area is 344 Å². The summed E-state index contributed by atoms with van der Waals surface area (Å²) < 4.78 is 27.1. The summed E-state index contributed by atoms with van der Waals surface area (Å²) in [6, 6.07) is 6.83. The van der Waals surface area contributed by atoms with Gasteiger partial charge in [0.15, 0.2) is 34.8 Å². The second-order valence-corrected chi connectivity index (χ2v) is 13.7. The van der Waals surface area contributed by atoms with Gasteiger partial charge in [-0.3, -0.25) is 9.80 Å². The third-order valence-corrected chi connectivity index (χ3v) is 7.23. The molecule has 9 nitrogen and oxygen atoms in total. The van der Waals surface area contributed by atoms with E-state index >= 15 is 4.39 Å². The summed E-state index contributed by atoms with van der Waals surface area (Å²) in [7, 11) is 0. The molecule has 1 N–H and O–H groups in total. The molecule has 0 aliphatic carbocycles. The zero-order valence-electron chi connectivity index (χ0n) is 37.2. The number of allylic oxidation sites excluding steroid dienone is 4. The molecule has 1 aromatic carbocycles. The fourth-order valence-corrected chi connectivity index (χ4v) is 4.82. The number of pyridine rings is 1. The molecule has 0 amide bonds. The molecule has 4 rings (SSSR count). The van der Waals surface area contributed by atoms with Gasteiger partial charge >= 0.3 is 0 Å². The van der Waals surface area contributed by atoms with Crippen molar-refractivity contribution < 1.29 is 18.7 Å². The Morgan fingerprint density at radius 3 is 2.37 bits per heavy atom. The maximum absolute atomic E-state index is 15.2. The van der Waals surface area contributed by atoms with Crippen LogP contribution in [0.5, 0.6) is 11.5 Å². The zero-order chi connectivity index (χ0) is 43.2. The van der Waals surface area contributed by atoms with Gasteiger partial charge in [0.2, 0.25) is 0 Å². The molecule has 0 saturated carbocycles. The highest BCUT2D eigenvalue weighted by Crippen LogP contribution is 2.33. The lowest BCUT2D eigenvalue weighted by Gasteiger charge is -2.25. The second kappa shape index (κ2) is 31.0. The number of hydrogen-bond acceptors (Lipinski definition) is 8. The number of unbranched alkanes of at least 4 members (excludes halogenated alkanes) is 1. The van der Waals surface area contributed by atoms with Crippen LogP contribution in [0.2, 0.25) is 0 Å². The largest absolute Gasteiger partial charge is 0.489 e. The molecule has 1 aromatic heterocycles. The standard InChI is InChI=1S/C32H41FN6O2.C6H10O.C4H10.C3H4.C2H6/c1-6-9-15-34-31(30-24(5)19-29-32(37-30)38(16-10-7-2)21-23(4)22-40-29)36-25-11-12-28(27(33)20-25)41-26-13-17-39(18-14-26)35-8-3;1-3-4-5-6(2)7;1-4(2)3;1-3-2;1-2/h8-9,11-15,17,19-20,23H,6-7,10,16,18,21-22H2,1-5H3,(H,34,36);4-5H,3H2,1-2H3;4H,1-3H3;1H,2H3;1-2H3/b15-9+,35-8-;5-4+;;;. The van der Waals surface area contributed by atoms with E-state index in [9.17, 15) is 4.79 Å². The lowest BCUT2D eigenvalue weighted by atomic mass is 10.1. The van der Waals surface area contributed by atoms with Crippen molar-refractivity contribution in [2.24, 2.45) is 21.9 Å². The highest BCUT2D eigenvalue weighted by Gasteiger charge is 2.24. The number of ether oxygens (including phenoxy) is 2. The molecule has 0 saturated heterocycles. The van der Waals surface area contributed by atoms with E-state index in [-0.39, 0.29) is 11.5 Å². The van der Waals surface area contributed by atoms with Crippen molar-refractivity contribution in [1.29, 1.82) is 0 Å². The Balaban J connectivity index is 0.00000167. The van der Waals surface area contributed by atoms with Gasteiger partial charge in [0.1, 0.15) is 11.5 Å². The van der Waals surface area contributed by atoms with E-state index in [0.29, 0.717) is 42.0 Å². The van der Waals surface area contributed by atoms with Crippen LogP contribution in [-0.2, 0) is 4.79 Å². The highest BCUT2D eigenvalue weighted by molar-refractivity contribution is 6.08. The summed E-state index contributed by atoms with van der Waals surface area (Å²) >= 11 is 0. The van der Waals surface area contributed by atoms with Crippen LogP contribution in [-0.4, -0.2) is 54.1 Å². The van der Waals surface area contributed by atoms with E-state index in [1.807, 2.05) is 58.9 Å². The minimum Gasteiger partial charge on any atom is -0.489 e. The first kappa shape index (κ1) is 51.8. The average molecular weight is 787 g/mol. The summed E-state index contributed by atoms with van der Waals surface area (Å²) in [5, 5.41) is 9.26. The van der Waals surface area contributed by atoms with Crippen LogP contribution in [0.15, 0.2) is 82.9 Å². The second-order valence-electron chi connectivity index (χ2n) is 13.7. The number of aryl methyl sites for hydroxylation is 1. The number of fused-ring (bicyclic) bond motifs is 1. The topological polar surface area (TPSA) is 91.7 Å². The fraction of sp³-hybridized carbons (Fsp3) is 0.489. The van der Waals surface area contributed by atoms with Crippen molar-refractivity contribution in [2.45, 2.75) is 116 Å². The number of amidine groups is 1. The molecule has 57 heavy (non-hydrogen) atoms. The van der Waals surface area contributed by atoms with Crippen molar-refractivity contribution in [1.82, 2.24) is 9.99 Å². The predicted molar refractivity (Wildman–Crippen MR) is 242 cm³/mol. The molecular formula is C47H71FN6O3. The Morgan fingerprint density at radius 1 is 1.18 bits per heavy atom. The van der Waals surface area contributed by atoms with Gasteiger partial charge in [-0.05, 0) is 94.9 Å². The Morgan fingerprint density at radius 2 is 1.84 bits per heavy atom. The number of aliphatic imine (C=N–C) groups is 1. The monoisotopic (exact) mass is 787 g/mol. The summed E-state index contributed by atoms with van der Waals surface area (Å²) in [4.78, 5) is 22.2. The molecule has 1 unspecified atom stereocenters. The first-order chi connectivity index (χ1) is 27.3. The summed E-state index contributed by atoms with van der Waals surface area (Å²) in [5.41, 5.74) is 2.16. The van der Waals surface area contributed by atoms with Crippen molar-refractivity contribution in [3.05, 3.63) is 89.9 Å². The number of halogens is 1. The van der Waals surface area contributed by atoms with Crippen LogP contribution >= 0.6 is 0 Å². The lowest BCUT2D eigenvalue weighted by molar-refractivity contribution is -0.112. The number of anilines is 2. The maximum Gasteiger partial charge on any atom is 0.172 e. The van der Waals surface area contributed by atoms with Gasteiger partial charge in [-0.1, -0.05) is 80.9 Å². The number of hydrogen-bond donors (Lipinski definition) is 1. The number of terminal acetylenes is 1. The van der Waals surface area contributed by atoms with E-state index in [1.165, 1.54) is 6.07 Å². The molecule has 314 valence electrons. The Hall–Kier alpha value is -5.17. The first-order valence-electron chi connectivity index (χ1n) is 20.4. The molecular weight excluding hydrogens is 716 g/mol. The van der Waals surface area contributed by atoms with Gasteiger partial charge in [-0.15, -0.1) is 12.3 Å². The fourth-order valence-electron chi connectivity index (χ4n) is 4.82. The number of carbonyl (C=O) groups excluding carboxylic acids is 1. The van der Waals surface area contributed by atoms with Crippen LogP contribution < -0.4 is 19.7 Å². The molecule has 0 radical (unpaired) electrons. The van der Waals surface area contributed by atoms with Crippen LogP contribution in [0.25, 0.3) is 0 Å². The number of hydrazone groups is 1. The Bertz CT molecular complexity index is 1680. The lowest BCUT2D eigenvalue weighted by Crippen LogP contribution is -2.30. The van der Waals surface area contributed by atoms with Gasteiger partial charge in [0, 0.05) is 49.4 Å². The Kier molecular flexibility index (Phi) is 28.2. The molecule has 2 aliphatic rings. The maximum atomic E-state index is 15.2. The number of rotatable bonds is 12. The molecule has 0 bridgehead atoms. The molecule has 2 aliphatic heterocycles. The number of ketones is 1. The van der Waals surface area contributed by atoms with Crippen molar-refractivity contribution in [3.8, 4) is 23.8 Å². The molecule has 2 aromatic rings. The van der Waals surface area contributed by atoms with E-state index in [1.54, 1.807) is 61.8 Å². The first-order valence-corrected chi connectivity index (χ1v) is 20.4. The van der Waals surface area contributed by atoms with E-state index in [0.717, 1.165) is 61.8 Å². The molecule has 1 atom stereocenters. The molecule has 0 spiro atoms. The highest BCUT2D eigenvalue weighted by atomic mass is 19.1. The number of benzene rings is 1. The molecule has 0 fully saturated rings. The van der Waals surface area contributed by atoms with Crippen LogP contribution in [0.1, 0.15) is 120 Å². The molecule has 3 heterocycles. The van der Waals surface area contributed by atoms with E-state index < -0.39 is 5.82 Å². The summed E-state index contributed by atoms with van der Waals surface area (Å²) in [6.07, 6.45) is 22.8. The van der Waals surface area contributed by atoms with Crippen LogP contribution in [0.3, 0.4) is 0 Å². The van der Waals surface area contributed by atoms with E-state index in [4.69, 9.17) is 19.5 Å². The van der Waals surface area contributed by atoms with Gasteiger partial charge in [-0.2, -0.15) is 5.10 Å². The smallest absolute Gasteiger partial charge is 0.172 e. The zero-order valence-corrected chi connectivity index (χ0v) is 37.2. The number of carbonyl (C=O) groups is 1. The minimum absolute atomic E-state index is 0.127. The van der Waals surface area contributed by atoms with Gasteiger partial charge in [0.05, 0.1) is 13.2 Å². The van der Waals surface area contributed by atoms with Gasteiger partial charge < -0.3 is 19.7 Å². The van der Waals surface area contributed by atoms with E-state index in [2.05, 4.69) is 69.2 Å². The summed E-state index contributed by atoms with van der Waals surface area (Å²) in [5.74, 6) is 5.96. The van der Waals surface area contributed by atoms with Gasteiger partial charge in [0.25, 0.3) is 0 Å². The quantitative estimate of drug-likeness (QED) is 0.0991. The van der Waals surface area contributed by atoms with Gasteiger partial charge in [-0.25, -0.2) is 14.4 Å². The SMILES string of the molecule is C#CC.C/C=N\N1C=CC(Oc2ccc(NC(=N/C=C/CC)c3nc4c(cc3C)OCC(C)CN4CCCC)cc2F)=CC1.CC.CC(C)C.CC/C=C/C(C)=O. The minimum atomic E-state index is -0.485. The number of nitrogens with one attached hydrogen (secondary N) is 1. The molecule has 10 heteroatoms. The van der Waals surface area contributed by atoms with Crippen molar-refractivity contribution >= 4 is 29.3 Å². The predicted octanol–water partition coefficient (Wildman–Crippen LogP) is 11.9.